The second-order valence-electron chi connectivity index (χ2n) is 4.92. The van der Waals surface area contributed by atoms with E-state index in [-0.39, 0.29) is 5.91 Å². The minimum atomic E-state index is -0.517. The third-order valence-electron chi connectivity index (χ3n) is 2.71. The summed E-state index contributed by atoms with van der Waals surface area (Å²) in [4.78, 5) is 11.9. The van der Waals surface area contributed by atoms with E-state index in [0.717, 1.165) is 6.42 Å². The Kier molecular flexibility index (Phi) is 6.12. The summed E-state index contributed by atoms with van der Waals surface area (Å²) in [7, 11) is 0. The molecule has 0 saturated heterocycles. The number of nitrogens with two attached hydrogens (primary N) is 1. The van der Waals surface area contributed by atoms with Crippen molar-refractivity contribution in [3.8, 4) is 0 Å². The van der Waals surface area contributed by atoms with E-state index in [1.54, 1.807) is 25.1 Å². The minimum absolute atomic E-state index is 0.224. The molecule has 0 heterocycles. The van der Waals surface area contributed by atoms with Gasteiger partial charge in [0.05, 0.1) is 11.4 Å². The summed E-state index contributed by atoms with van der Waals surface area (Å²) in [5.41, 5.74) is 6.75. The highest BCUT2D eigenvalue weighted by molar-refractivity contribution is 6.31. The van der Waals surface area contributed by atoms with Crippen LogP contribution in [0.4, 0.5) is 11.4 Å². The second-order valence-corrected chi connectivity index (χ2v) is 5.35. The fraction of sp³-hybridized carbons (Fsp3) is 0.500. The zero-order valence-electron chi connectivity index (χ0n) is 11.6. The molecule has 0 saturated carbocycles. The number of carbonyl (C=O) groups excluding carboxylic acids is 1. The van der Waals surface area contributed by atoms with E-state index >= 15 is 0 Å². The molecule has 1 aromatic carbocycles. The lowest BCUT2D eigenvalue weighted by Gasteiger charge is -2.15. The number of hydrogen-bond donors (Lipinski definition) is 2. The van der Waals surface area contributed by atoms with Crippen molar-refractivity contribution in [1.82, 2.24) is 0 Å². The standard InChI is InChI=1S/C14H21ClN2O2/c1-9(2)6-7-19-10(3)14(18)17-13-8-11(15)4-5-12(13)16/h4-5,8-10H,6-7,16H2,1-3H3,(H,17,18). The van der Waals surface area contributed by atoms with E-state index < -0.39 is 6.10 Å². The van der Waals surface area contributed by atoms with Crippen molar-refractivity contribution in [3.63, 3.8) is 0 Å². The predicted octanol–water partition coefficient (Wildman–Crippen LogP) is 3.31. The van der Waals surface area contributed by atoms with Gasteiger partial charge in [0.25, 0.3) is 5.91 Å². The van der Waals surface area contributed by atoms with Crippen LogP contribution >= 0.6 is 11.6 Å². The molecule has 0 bridgehead atoms. The molecule has 5 heteroatoms. The molecule has 0 aliphatic rings. The molecule has 4 nitrogen and oxygen atoms in total. The monoisotopic (exact) mass is 284 g/mol. The minimum Gasteiger partial charge on any atom is -0.397 e. The molecule has 1 amide bonds. The van der Waals surface area contributed by atoms with Crippen molar-refractivity contribution in [2.24, 2.45) is 5.92 Å². The van der Waals surface area contributed by atoms with E-state index in [1.807, 2.05) is 0 Å². The van der Waals surface area contributed by atoms with E-state index in [1.165, 1.54) is 0 Å². The normalized spacial score (nSPS) is 12.5. The quantitative estimate of drug-likeness (QED) is 0.788. The van der Waals surface area contributed by atoms with Crippen LogP contribution in [0.15, 0.2) is 18.2 Å². The van der Waals surface area contributed by atoms with Crippen LogP contribution < -0.4 is 11.1 Å². The molecule has 0 spiro atoms. The van der Waals surface area contributed by atoms with Crippen LogP contribution in [0.3, 0.4) is 0 Å². The van der Waals surface area contributed by atoms with Gasteiger partial charge in [0.1, 0.15) is 6.10 Å². The fourth-order valence-electron chi connectivity index (χ4n) is 1.43. The maximum Gasteiger partial charge on any atom is 0.253 e. The zero-order valence-corrected chi connectivity index (χ0v) is 12.3. The molecule has 0 aliphatic heterocycles. The lowest BCUT2D eigenvalue weighted by molar-refractivity contribution is -0.126. The number of ether oxygens (including phenoxy) is 1. The number of rotatable bonds is 6. The van der Waals surface area contributed by atoms with Gasteiger partial charge in [-0.3, -0.25) is 4.79 Å². The van der Waals surface area contributed by atoms with E-state index in [4.69, 9.17) is 22.1 Å². The van der Waals surface area contributed by atoms with Crippen molar-refractivity contribution in [3.05, 3.63) is 23.2 Å². The van der Waals surface area contributed by atoms with Gasteiger partial charge in [-0.15, -0.1) is 0 Å². The molecule has 106 valence electrons. The SMILES string of the molecule is CC(C)CCOC(C)C(=O)Nc1cc(Cl)ccc1N. The van der Waals surface area contributed by atoms with Crippen molar-refractivity contribution in [1.29, 1.82) is 0 Å². The Morgan fingerprint density at radius 1 is 1.42 bits per heavy atom. The van der Waals surface area contributed by atoms with Crippen LogP contribution in [-0.2, 0) is 9.53 Å². The van der Waals surface area contributed by atoms with E-state index in [9.17, 15) is 4.79 Å². The maximum absolute atomic E-state index is 11.9. The largest absolute Gasteiger partial charge is 0.397 e. The molecule has 3 N–H and O–H groups in total. The van der Waals surface area contributed by atoms with E-state index in [0.29, 0.717) is 28.9 Å². The van der Waals surface area contributed by atoms with E-state index in [2.05, 4.69) is 19.2 Å². The third-order valence-corrected chi connectivity index (χ3v) is 2.94. The highest BCUT2D eigenvalue weighted by Crippen LogP contribution is 2.23. The van der Waals surface area contributed by atoms with Gasteiger partial charge in [-0.25, -0.2) is 0 Å². The predicted molar refractivity (Wildman–Crippen MR) is 79.4 cm³/mol. The van der Waals surface area contributed by atoms with Gasteiger partial charge in [-0.1, -0.05) is 25.4 Å². The fourth-order valence-corrected chi connectivity index (χ4v) is 1.60. The van der Waals surface area contributed by atoms with Gasteiger partial charge in [-0.05, 0) is 37.5 Å². The summed E-state index contributed by atoms with van der Waals surface area (Å²) < 4.78 is 5.47. The number of carbonyl (C=O) groups is 1. The van der Waals surface area contributed by atoms with Crippen LogP contribution in [0.25, 0.3) is 0 Å². The number of nitrogen functional groups attached to an aromatic ring is 1. The number of benzene rings is 1. The van der Waals surface area contributed by atoms with Gasteiger partial charge in [0.15, 0.2) is 0 Å². The first-order chi connectivity index (χ1) is 8.90. The van der Waals surface area contributed by atoms with Crippen LogP contribution in [0.5, 0.6) is 0 Å². The number of amides is 1. The van der Waals surface area contributed by atoms with Gasteiger partial charge in [0, 0.05) is 11.6 Å². The van der Waals surface area contributed by atoms with Crippen molar-refractivity contribution in [2.75, 3.05) is 17.7 Å². The number of anilines is 2. The molecule has 1 atom stereocenters. The summed E-state index contributed by atoms with van der Waals surface area (Å²) in [5, 5.41) is 3.24. The van der Waals surface area contributed by atoms with Gasteiger partial charge >= 0.3 is 0 Å². The lowest BCUT2D eigenvalue weighted by Crippen LogP contribution is -2.28. The molecule has 0 radical (unpaired) electrons. The third kappa shape index (κ3) is 5.49. The summed E-state index contributed by atoms with van der Waals surface area (Å²) in [5.74, 6) is 0.330. The topological polar surface area (TPSA) is 64.3 Å². The smallest absolute Gasteiger partial charge is 0.253 e. The summed E-state index contributed by atoms with van der Waals surface area (Å²) in [6.07, 6.45) is 0.411. The average Bonchev–Trinajstić information content (AvgIpc) is 2.33. The van der Waals surface area contributed by atoms with Crippen molar-refractivity contribution >= 4 is 28.9 Å². The average molecular weight is 285 g/mol. The Hall–Kier alpha value is -1.26. The van der Waals surface area contributed by atoms with Crippen molar-refractivity contribution in [2.45, 2.75) is 33.3 Å². The van der Waals surface area contributed by atoms with Gasteiger partial charge in [-0.2, -0.15) is 0 Å². The summed E-state index contributed by atoms with van der Waals surface area (Å²) in [6.45, 7) is 6.51. The molecular formula is C14H21ClN2O2. The molecular weight excluding hydrogens is 264 g/mol. The molecule has 0 fully saturated rings. The number of hydrogen-bond acceptors (Lipinski definition) is 3. The van der Waals surface area contributed by atoms with Crippen LogP contribution in [0.2, 0.25) is 5.02 Å². The first kappa shape index (κ1) is 15.8. The Balaban J connectivity index is 2.51. The molecule has 1 unspecified atom stereocenters. The van der Waals surface area contributed by atoms with Crippen molar-refractivity contribution < 1.29 is 9.53 Å². The van der Waals surface area contributed by atoms with Gasteiger partial charge in [0.2, 0.25) is 0 Å². The second kappa shape index (κ2) is 7.36. The number of halogens is 1. The van der Waals surface area contributed by atoms with Crippen LogP contribution in [0.1, 0.15) is 27.2 Å². The Bertz CT molecular complexity index is 435. The lowest BCUT2D eigenvalue weighted by atomic mass is 10.1. The zero-order chi connectivity index (χ0) is 14.4. The molecule has 19 heavy (non-hydrogen) atoms. The first-order valence-electron chi connectivity index (χ1n) is 6.37. The number of nitrogens with one attached hydrogen (secondary N) is 1. The Morgan fingerprint density at radius 3 is 2.74 bits per heavy atom. The highest BCUT2D eigenvalue weighted by atomic mass is 35.5. The first-order valence-corrected chi connectivity index (χ1v) is 6.75. The van der Waals surface area contributed by atoms with Crippen LogP contribution in [-0.4, -0.2) is 18.6 Å². The molecule has 1 aromatic rings. The maximum atomic E-state index is 11.9. The summed E-state index contributed by atoms with van der Waals surface area (Å²) >= 11 is 5.86. The molecule has 1 rings (SSSR count). The molecule has 0 aromatic heterocycles. The summed E-state index contributed by atoms with van der Waals surface area (Å²) in [6, 6.07) is 4.95. The Morgan fingerprint density at radius 2 is 2.11 bits per heavy atom. The molecule has 0 aliphatic carbocycles. The highest BCUT2D eigenvalue weighted by Gasteiger charge is 2.14. The Labute approximate surface area is 119 Å². The van der Waals surface area contributed by atoms with Crippen LogP contribution in [0, 0.1) is 5.92 Å². The van der Waals surface area contributed by atoms with Gasteiger partial charge < -0.3 is 15.8 Å².